The molecule has 1 aromatic heterocycles. The van der Waals surface area contributed by atoms with Gasteiger partial charge >= 0.3 is 0 Å². The van der Waals surface area contributed by atoms with E-state index in [2.05, 4.69) is 23.8 Å². The summed E-state index contributed by atoms with van der Waals surface area (Å²) >= 11 is 1.75. The maximum atomic E-state index is 5.44. The average Bonchev–Trinajstić information content (AvgIpc) is 2.38. The Morgan fingerprint density at radius 3 is 3.00 bits per heavy atom. The quantitative estimate of drug-likeness (QED) is 0.711. The van der Waals surface area contributed by atoms with Gasteiger partial charge in [-0.1, -0.05) is 6.92 Å². The second-order valence-corrected chi connectivity index (χ2v) is 3.32. The van der Waals surface area contributed by atoms with Crippen LogP contribution in [0.15, 0.2) is 16.8 Å². The normalized spacial score (nSPS) is 13.4. The molecule has 0 aliphatic heterocycles. The molecule has 2 N–H and O–H groups in total. The van der Waals surface area contributed by atoms with Gasteiger partial charge in [0.2, 0.25) is 0 Å². The van der Waals surface area contributed by atoms with Crippen molar-refractivity contribution in [3.63, 3.8) is 0 Å². The molecule has 1 rings (SSSR count). The summed E-state index contributed by atoms with van der Waals surface area (Å²) < 4.78 is 0. The fraction of sp³-hybridized carbons (Fsp3) is 0.500. The summed E-state index contributed by atoms with van der Waals surface area (Å²) in [7, 11) is 0. The number of hydrogen-bond acceptors (Lipinski definition) is 2. The number of rotatable bonds is 3. The smallest absolute Gasteiger partial charge is 0.00585 e. The summed E-state index contributed by atoms with van der Waals surface area (Å²) in [5, 5.41) is 4.31. The molecule has 1 atom stereocenters. The number of thiophene rings is 1. The van der Waals surface area contributed by atoms with Gasteiger partial charge in [0.15, 0.2) is 0 Å². The largest absolute Gasteiger partial charge is 0.330 e. The average molecular weight is 155 g/mol. The van der Waals surface area contributed by atoms with Gasteiger partial charge in [-0.2, -0.15) is 11.3 Å². The standard InChI is InChI=1S/C8H13NS/c1-7(2-4-9)8-3-5-10-6-8/h3,5-7H,2,4,9H2,1H3. The lowest BCUT2D eigenvalue weighted by atomic mass is 10.0. The topological polar surface area (TPSA) is 26.0 Å². The predicted octanol–water partition coefficient (Wildman–Crippen LogP) is 2.20. The van der Waals surface area contributed by atoms with Crippen LogP contribution in [-0.4, -0.2) is 6.54 Å². The van der Waals surface area contributed by atoms with E-state index >= 15 is 0 Å². The minimum atomic E-state index is 0.635. The molecule has 0 fully saturated rings. The van der Waals surface area contributed by atoms with Crippen LogP contribution in [0.25, 0.3) is 0 Å². The van der Waals surface area contributed by atoms with Gasteiger partial charge in [-0.25, -0.2) is 0 Å². The molecule has 0 saturated carbocycles. The first-order chi connectivity index (χ1) is 4.84. The molecule has 0 bridgehead atoms. The monoisotopic (exact) mass is 155 g/mol. The van der Waals surface area contributed by atoms with Gasteiger partial charge in [-0.05, 0) is 41.3 Å². The molecule has 0 radical (unpaired) electrons. The third-order valence-electron chi connectivity index (χ3n) is 1.71. The highest BCUT2D eigenvalue weighted by Gasteiger charge is 2.02. The minimum Gasteiger partial charge on any atom is -0.330 e. The van der Waals surface area contributed by atoms with Crippen LogP contribution >= 0.6 is 11.3 Å². The summed E-state index contributed by atoms with van der Waals surface area (Å²) in [6, 6.07) is 2.17. The zero-order valence-electron chi connectivity index (χ0n) is 6.21. The van der Waals surface area contributed by atoms with E-state index in [4.69, 9.17) is 5.73 Å². The van der Waals surface area contributed by atoms with Gasteiger partial charge in [-0.15, -0.1) is 0 Å². The van der Waals surface area contributed by atoms with E-state index in [0.29, 0.717) is 5.92 Å². The highest BCUT2D eigenvalue weighted by Crippen LogP contribution is 2.20. The fourth-order valence-corrected chi connectivity index (χ4v) is 1.75. The third-order valence-corrected chi connectivity index (χ3v) is 2.41. The van der Waals surface area contributed by atoms with Crippen molar-refractivity contribution in [2.24, 2.45) is 5.73 Å². The molecule has 10 heavy (non-hydrogen) atoms. The highest BCUT2D eigenvalue weighted by molar-refractivity contribution is 7.07. The fourth-order valence-electron chi connectivity index (χ4n) is 0.972. The first-order valence-corrected chi connectivity index (χ1v) is 4.51. The number of hydrogen-bond donors (Lipinski definition) is 1. The van der Waals surface area contributed by atoms with Crippen molar-refractivity contribution >= 4 is 11.3 Å². The van der Waals surface area contributed by atoms with Crippen molar-refractivity contribution in [1.82, 2.24) is 0 Å². The van der Waals surface area contributed by atoms with Crippen LogP contribution in [0, 0.1) is 0 Å². The van der Waals surface area contributed by atoms with Gasteiger partial charge in [0.25, 0.3) is 0 Å². The van der Waals surface area contributed by atoms with E-state index in [1.165, 1.54) is 5.56 Å². The Kier molecular flexibility index (Phi) is 2.90. The lowest BCUT2D eigenvalue weighted by Crippen LogP contribution is -2.03. The van der Waals surface area contributed by atoms with Crippen molar-refractivity contribution in [2.75, 3.05) is 6.54 Å². The van der Waals surface area contributed by atoms with Crippen molar-refractivity contribution in [2.45, 2.75) is 19.3 Å². The maximum absolute atomic E-state index is 5.44. The molecule has 0 aliphatic carbocycles. The van der Waals surface area contributed by atoms with Crippen LogP contribution in [0.2, 0.25) is 0 Å². The molecule has 0 amide bonds. The second-order valence-electron chi connectivity index (χ2n) is 2.54. The van der Waals surface area contributed by atoms with Gasteiger partial charge < -0.3 is 5.73 Å². The molecule has 0 aromatic carbocycles. The van der Waals surface area contributed by atoms with Crippen LogP contribution in [0.4, 0.5) is 0 Å². The summed E-state index contributed by atoms with van der Waals surface area (Å²) in [4.78, 5) is 0. The molecular weight excluding hydrogens is 142 g/mol. The highest BCUT2D eigenvalue weighted by atomic mass is 32.1. The van der Waals surface area contributed by atoms with E-state index in [1.54, 1.807) is 11.3 Å². The van der Waals surface area contributed by atoms with E-state index in [-0.39, 0.29) is 0 Å². The summed E-state index contributed by atoms with van der Waals surface area (Å²) in [5.74, 6) is 0.635. The lowest BCUT2D eigenvalue weighted by Gasteiger charge is -2.05. The lowest BCUT2D eigenvalue weighted by molar-refractivity contribution is 0.692. The van der Waals surface area contributed by atoms with Crippen LogP contribution < -0.4 is 5.73 Å². The Labute approximate surface area is 65.9 Å². The summed E-state index contributed by atoms with van der Waals surface area (Å²) in [5.41, 5.74) is 6.87. The van der Waals surface area contributed by atoms with Crippen LogP contribution in [0.5, 0.6) is 0 Å². The Hall–Kier alpha value is -0.340. The van der Waals surface area contributed by atoms with E-state index in [0.717, 1.165) is 13.0 Å². The Bertz CT molecular complexity index is 169. The Morgan fingerprint density at radius 1 is 1.70 bits per heavy atom. The Balaban J connectivity index is 2.50. The predicted molar refractivity (Wildman–Crippen MR) is 46.4 cm³/mol. The molecule has 0 aliphatic rings. The van der Waals surface area contributed by atoms with Crippen molar-refractivity contribution in [3.8, 4) is 0 Å². The van der Waals surface area contributed by atoms with Crippen molar-refractivity contribution < 1.29 is 0 Å². The SMILES string of the molecule is CC(CCN)c1ccsc1. The molecule has 56 valence electrons. The summed E-state index contributed by atoms with van der Waals surface area (Å²) in [6.07, 6.45) is 1.09. The van der Waals surface area contributed by atoms with E-state index < -0.39 is 0 Å². The van der Waals surface area contributed by atoms with E-state index in [1.807, 2.05) is 0 Å². The van der Waals surface area contributed by atoms with Gasteiger partial charge in [0.05, 0.1) is 0 Å². The van der Waals surface area contributed by atoms with Gasteiger partial charge in [0.1, 0.15) is 0 Å². The van der Waals surface area contributed by atoms with Crippen LogP contribution in [0.1, 0.15) is 24.8 Å². The van der Waals surface area contributed by atoms with Crippen LogP contribution in [0.3, 0.4) is 0 Å². The molecule has 1 aromatic rings. The Morgan fingerprint density at radius 2 is 2.50 bits per heavy atom. The van der Waals surface area contributed by atoms with Crippen molar-refractivity contribution in [1.29, 1.82) is 0 Å². The van der Waals surface area contributed by atoms with Gasteiger partial charge in [0, 0.05) is 0 Å². The van der Waals surface area contributed by atoms with Gasteiger partial charge in [-0.3, -0.25) is 0 Å². The zero-order chi connectivity index (χ0) is 7.40. The molecule has 0 saturated heterocycles. The molecule has 1 heterocycles. The number of nitrogens with two attached hydrogens (primary N) is 1. The van der Waals surface area contributed by atoms with E-state index in [9.17, 15) is 0 Å². The molecule has 2 heteroatoms. The maximum Gasteiger partial charge on any atom is -0.00585 e. The molecule has 1 unspecified atom stereocenters. The second kappa shape index (κ2) is 3.74. The first-order valence-electron chi connectivity index (χ1n) is 3.56. The zero-order valence-corrected chi connectivity index (χ0v) is 7.03. The summed E-state index contributed by atoms with van der Waals surface area (Å²) in [6.45, 7) is 3.01. The van der Waals surface area contributed by atoms with Crippen molar-refractivity contribution in [3.05, 3.63) is 22.4 Å². The first kappa shape index (κ1) is 7.76. The molecule has 0 spiro atoms. The minimum absolute atomic E-state index is 0.635. The third kappa shape index (κ3) is 1.82. The van der Waals surface area contributed by atoms with Crippen LogP contribution in [-0.2, 0) is 0 Å². The molecule has 1 nitrogen and oxygen atoms in total. The molecular formula is C8H13NS.